The van der Waals surface area contributed by atoms with Crippen molar-refractivity contribution in [2.75, 3.05) is 0 Å². The number of rotatable bonds is 2. The first-order valence-corrected chi connectivity index (χ1v) is 3.61. The number of aromatic nitrogens is 1. The smallest absolute Gasteiger partial charge is 0.206 e. The fourth-order valence-corrected chi connectivity index (χ4v) is 0.894. The second-order valence-corrected chi connectivity index (χ2v) is 2.57. The van der Waals surface area contributed by atoms with Gasteiger partial charge in [-0.15, -0.1) is 0 Å². The summed E-state index contributed by atoms with van der Waals surface area (Å²) in [7, 11) is 0. The summed E-state index contributed by atoms with van der Waals surface area (Å²) in [5.74, 6) is 0.102. The maximum atomic E-state index is 10.7. The highest BCUT2D eigenvalue weighted by atomic mass is 16.1. The normalized spacial score (nSPS) is 9.00. The molecule has 0 atom stereocenters. The zero-order valence-corrected chi connectivity index (χ0v) is 6.82. The van der Waals surface area contributed by atoms with E-state index in [1.807, 2.05) is 6.07 Å². The predicted octanol–water partition coefficient (Wildman–Crippen LogP) is 0.435. The SMILES string of the molecule is CC(=O)C[n+]1ccc(C#N)cc1. The van der Waals surface area contributed by atoms with Crippen LogP contribution in [0, 0.1) is 11.3 Å². The molecule has 3 heteroatoms. The molecule has 1 rings (SSSR count). The Morgan fingerprint density at radius 1 is 1.58 bits per heavy atom. The second kappa shape index (κ2) is 3.63. The van der Waals surface area contributed by atoms with E-state index in [2.05, 4.69) is 0 Å². The van der Waals surface area contributed by atoms with Crippen molar-refractivity contribution >= 4 is 5.78 Å². The van der Waals surface area contributed by atoms with E-state index in [-0.39, 0.29) is 5.78 Å². The second-order valence-electron chi connectivity index (χ2n) is 2.57. The largest absolute Gasteiger partial charge is 0.293 e. The van der Waals surface area contributed by atoms with Crippen LogP contribution in [0.1, 0.15) is 12.5 Å². The van der Waals surface area contributed by atoms with Crippen molar-refractivity contribution in [1.29, 1.82) is 5.26 Å². The minimum Gasteiger partial charge on any atom is -0.293 e. The third-order valence-electron chi connectivity index (χ3n) is 1.43. The van der Waals surface area contributed by atoms with E-state index in [1.54, 1.807) is 29.1 Å². The summed E-state index contributed by atoms with van der Waals surface area (Å²) in [4.78, 5) is 10.7. The number of hydrogen-bond acceptors (Lipinski definition) is 2. The molecule has 0 amide bonds. The van der Waals surface area contributed by atoms with Crippen molar-refractivity contribution in [1.82, 2.24) is 0 Å². The van der Waals surface area contributed by atoms with Crippen LogP contribution < -0.4 is 4.57 Å². The van der Waals surface area contributed by atoms with Crippen molar-refractivity contribution in [3.8, 4) is 6.07 Å². The van der Waals surface area contributed by atoms with Gasteiger partial charge in [-0.2, -0.15) is 9.83 Å². The van der Waals surface area contributed by atoms with Crippen LogP contribution in [-0.2, 0) is 11.3 Å². The van der Waals surface area contributed by atoms with E-state index in [0.29, 0.717) is 12.1 Å². The van der Waals surface area contributed by atoms with Gasteiger partial charge in [-0.05, 0) is 0 Å². The number of pyridine rings is 1. The molecular weight excluding hydrogens is 152 g/mol. The van der Waals surface area contributed by atoms with Crippen molar-refractivity contribution in [3.63, 3.8) is 0 Å². The summed E-state index contributed by atoms with van der Waals surface area (Å²) in [6.07, 6.45) is 3.44. The van der Waals surface area contributed by atoms with Gasteiger partial charge in [0.15, 0.2) is 18.2 Å². The van der Waals surface area contributed by atoms with E-state index in [4.69, 9.17) is 5.26 Å². The highest BCUT2D eigenvalue weighted by molar-refractivity contribution is 5.73. The molecule has 0 radical (unpaired) electrons. The van der Waals surface area contributed by atoms with Gasteiger partial charge in [0.1, 0.15) is 0 Å². The third-order valence-corrected chi connectivity index (χ3v) is 1.43. The number of hydrogen-bond donors (Lipinski definition) is 0. The highest BCUT2D eigenvalue weighted by Gasteiger charge is 2.02. The molecule has 0 aliphatic carbocycles. The molecule has 0 aliphatic heterocycles. The van der Waals surface area contributed by atoms with Crippen molar-refractivity contribution in [3.05, 3.63) is 30.1 Å². The van der Waals surface area contributed by atoms with Crippen LogP contribution >= 0.6 is 0 Å². The molecule has 60 valence electrons. The van der Waals surface area contributed by atoms with Gasteiger partial charge in [-0.1, -0.05) is 0 Å². The molecule has 0 saturated heterocycles. The molecule has 0 saturated carbocycles. The average Bonchev–Trinajstić information content (AvgIpc) is 2.05. The Balaban J connectivity index is 2.80. The molecule has 0 aliphatic rings. The molecule has 0 spiro atoms. The van der Waals surface area contributed by atoms with E-state index in [9.17, 15) is 4.79 Å². The zero-order chi connectivity index (χ0) is 8.97. The minimum absolute atomic E-state index is 0.102. The van der Waals surface area contributed by atoms with Gasteiger partial charge in [0.2, 0.25) is 6.54 Å². The summed E-state index contributed by atoms with van der Waals surface area (Å²) in [5, 5.41) is 8.48. The Morgan fingerprint density at radius 3 is 2.58 bits per heavy atom. The average molecular weight is 161 g/mol. The minimum atomic E-state index is 0.102. The highest BCUT2D eigenvalue weighted by Crippen LogP contribution is 1.90. The van der Waals surface area contributed by atoms with E-state index < -0.39 is 0 Å². The molecule has 0 aromatic carbocycles. The van der Waals surface area contributed by atoms with Crippen LogP contribution in [0.25, 0.3) is 0 Å². The molecule has 1 aromatic heterocycles. The predicted molar refractivity (Wildman–Crippen MR) is 42.0 cm³/mol. The van der Waals surface area contributed by atoms with Crippen molar-refractivity contribution < 1.29 is 9.36 Å². The van der Waals surface area contributed by atoms with Gasteiger partial charge in [0.05, 0.1) is 11.6 Å². The summed E-state index contributed by atoms with van der Waals surface area (Å²) in [6.45, 7) is 1.90. The van der Waals surface area contributed by atoms with Crippen LogP contribution in [0.2, 0.25) is 0 Å². The van der Waals surface area contributed by atoms with Crippen LogP contribution in [0.5, 0.6) is 0 Å². The number of Topliss-reactive ketones (excluding diaryl/α,β-unsaturated/α-hetero) is 1. The van der Waals surface area contributed by atoms with Gasteiger partial charge in [0, 0.05) is 19.1 Å². The molecule has 0 unspecified atom stereocenters. The summed E-state index contributed by atoms with van der Waals surface area (Å²) in [5.41, 5.74) is 0.606. The first-order chi connectivity index (χ1) is 5.72. The van der Waals surface area contributed by atoms with Crippen LogP contribution in [0.4, 0.5) is 0 Å². The number of nitrogens with zero attached hydrogens (tertiary/aromatic N) is 2. The lowest BCUT2D eigenvalue weighted by Crippen LogP contribution is -2.36. The molecule has 0 N–H and O–H groups in total. The monoisotopic (exact) mass is 161 g/mol. The van der Waals surface area contributed by atoms with Crippen molar-refractivity contribution in [2.24, 2.45) is 0 Å². The quantitative estimate of drug-likeness (QED) is 0.590. The fourth-order valence-electron chi connectivity index (χ4n) is 0.894. The maximum absolute atomic E-state index is 10.7. The standard InChI is InChI=1S/C9H9N2O/c1-8(12)7-11-4-2-9(6-10)3-5-11/h2-5H,7H2,1H3/q+1. The van der Waals surface area contributed by atoms with E-state index >= 15 is 0 Å². The van der Waals surface area contributed by atoms with Crippen LogP contribution in [-0.4, -0.2) is 5.78 Å². The number of nitriles is 1. The molecule has 0 fully saturated rings. The Morgan fingerprint density at radius 2 is 2.17 bits per heavy atom. The Labute approximate surface area is 70.9 Å². The summed E-state index contributed by atoms with van der Waals surface area (Å²) < 4.78 is 1.74. The first kappa shape index (κ1) is 8.41. The van der Waals surface area contributed by atoms with E-state index in [0.717, 1.165) is 0 Å². The van der Waals surface area contributed by atoms with Gasteiger partial charge < -0.3 is 0 Å². The molecule has 1 aromatic rings. The first-order valence-electron chi connectivity index (χ1n) is 3.61. The third kappa shape index (κ3) is 2.17. The number of carbonyl (C=O) groups is 1. The molecule has 1 heterocycles. The van der Waals surface area contributed by atoms with E-state index in [1.165, 1.54) is 6.92 Å². The Kier molecular flexibility index (Phi) is 2.54. The molecule has 12 heavy (non-hydrogen) atoms. The lowest BCUT2D eigenvalue weighted by Gasteiger charge is -1.91. The Bertz CT molecular complexity index is 321. The molecule has 3 nitrogen and oxygen atoms in total. The zero-order valence-electron chi connectivity index (χ0n) is 6.82. The van der Waals surface area contributed by atoms with Crippen LogP contribution in [0.15, 0.2) is 24.5 Å². The van der Waals surface area contributed by atoms with Gasteiger partial charge in [-0.3, -0.25) is 4.79 Å². The Hall–Kier alpha value is -1.69. The van der Waals surface area contributed by atoms with Gasteiger partial charge >= 0.3 is 0 Å². The fraction of sp³-hybridized carbons (Fsp3) is 0.222. The number of ketones is 1. The molecule has 0 bridgehead atoms. The van der Waals surface area contributed by atoms with Gasteiger partial charge in [-0.25, -0.2) is 0 Å². The lowest BCUT2D eigenvalue weighted by molar-refractivity contribution is -0.684. The van der Waals surface area contributed by atoms with Gasteiger partial charge in [0.25, 0.3) is 0 Å². The van der Waals surface area contributed by atoms with Crippen molar-refractivity contribution in [2.45, 2.75) is 13.5 Å². The lowest BCUT2D eigenvalue weighted by atomic mass is 10.3. The molecular formula is C9H9N2O+. The summed E-state index contributed by atoms with van der Waals surface area (Å²) in [6, 6.07) is 5.38. The number of carbonyl (C=O) groups excluding carboxylic acids is 1. The summed E-state index contributed by atoms with van der Waals surface area (Å²) >= 11 is 0. The maximum Gasteiger partial charge on any atom is 0.206 e. The topological polar surface area (TPSA) is 44.7 Å². The van der Waals surface area contributed by atoms with Crippen LogP contribution in [0.3, 0.4) is 0 Å².